The molecule has 0 unspecified atom stereocenters. The number of hydrogen-bond acceptors (Lipinski definition) is 5. The molecule has 3 aliphatic rings. The Kier molecular flexibility index (Phi) is 4.21. The van der Waals surface area contributed by atoms with E-state index in [1.165, 1.54) is 0 Å². The molecule has 2 saturated heterocycles. The molecule has 4 heterocycles. The number of hydrogen-bond donors (Lipinski definition) is 1. The number of ether oxygens (including phenoxy) is 1. The van der Waals surface area contributed by atoms with E-state index in [-0.39, 0.29) is 18.1 Å². The molecule has 0 aliphatic carbocycles. The molecule has 1 amide bonds. The standard InChI is InChI=1S/C20H25N5O2/c26-19(20(7-9-21-10-8-20)15-4-2-1-3-5-15)24-11-6-18-17(13-24)25-16(14-27-18)12-22-23-25/h1-5,12,17-18,21H,6-11,13-14H2/t17-,18-/m0/s1. The number of nitrogens with zero attached hydrogens (tertiary/aromatic N) is 4. The molecule has 0 radical (unpaired) electrons. The van der Waals surface area contributed by atoms with Crippen LogP contribution in [0.15, 0.2) is 36.5 Å². The lowest BCUT2D eigenvalue weighted by atomic mass is 9.71. The zero-order valence-corrected chi connectivity index (χ0v) is 15.4. The monoisotopic (exact) mass is 367 g/mol. The van der Waals surface area contributed by atoms with Gasteiger partial charge >= 0.3 is 0 Å². The van der Waals surface area contributed by atoms with Crippen molar-refractivity contribution in [3.63, 3.8) is 0 Å². The summed E-state index contributed by atoms with van der Waals surface area (Å²) >= 11 is 0. The normalized spacial score (nSPS) is 26.9. The van der Waals surface area contributed by atoms with Crippen LogP contribution < -0.4 is 5.32 Å². The Balaban J connectivity index is 1.44. The van der Waals surface area contributed by atoms with E-state index >= 15 is 0 Å². The number of fused-ring (bicyclic) bond motifs is 3. The van der Waals surface area contributed by atoms with Crippen LogP contribution in [0.2, 0.25) is 0 Å². The number of carbonyl (C=O) groups is 1. The molecule has 5 rings (SSSR count). The molecule has 2 atom stereocenters. The highest BCUT2D eigenvalue weighted by atomic mass is 16.5. The predicted octanol–water partition coefficient (Wildman–Crippen LogP) is 1.27. The van der Waals surface area contributed by atoms with Crippen molar-refractivity contribution in [2.24, 2.45) is 0 Å². The number of benzene rings is 1. The van der Waals surface area contributed by atoms with Crippen molar-refractivity contribution in [2.75, 3.05) is 26.2 Å². The molecule has 3 aliphatic heterocycles. The number of nitrogens with one attached hydrogen (secondary N) is 1. The average Bonchev–Trinajstić information content (AvgIpc) is 3.23. The van der Waals surface area contributed by atoms with Crippen LogP contribution in [0.5, 0.6) is 0 Å². The van der Waals surface area contributed by atoms with E-state index in [1.807, 2.05) is 27.8 Å². The molecule has 0 spiro atoms. The Hall–Kier alpha value is -2.25. The fraction of sp³-hybridized carbons (Fsp3) is 0.550. The van der Waals surface area contributed by atoms with Crippen LogP contribution in [0.25, 0.3) is 0 Å². The number of aromatic nitrogens is 3. The van der Waals surface area contributed by atoms with Gasteiger partial charge in [0.2, 0.25) is 5.91 Å². The predicted molar refractivity (Wildman–Crippen MR) is 99.1 cm³/mol. The third-order valence-electron chi connectivity index (χ3n) is 6.41. The first-order chi connectivity index (χ1) is 13.3. The first kappa shape index (κ1) is 16.9. The molecule has 1 N–H and O–H groups in total. The van der Waals surface area contributed by atoms with Gasteiger partial charge in [0.15, 0.2) is 0 Å². The Bertz CT molecular complexity index is 815. The number of rotatable bonds is 2. The number of amides is 1. The van der Waals surface area contributed by atoms with Gasteiger partial charge in [-0.15, -0.1) is 5.10 Å². The van der Waals surface area contributed by atoms with E-state index in [2.05, 4.69) is 27.8 Å². The first-order valence-electron chi connectivity index (χ1n) is 9.84. The molecule has 1 aromatic heterocycles. The first-order valence-corrected chi connectivity index (χ1v) is 9.84. The van der Waals surface area contributed by atoms with Gasteiger partial charge in [-0.3, -0.25) is 4.79 Å². The molecule has 0 saturated carbocycles. The van der Waals surface area contributed by atoms with Gasteiger partial charge in [0, 0.05) is 13.1 Å². The van der Waals surface area contributed by atoms with Gasteiger partial charge in [0.05, 0.1) is 36.1 Å². The van der Waals surface area contributed by atoms with Crippen LogP contribution in [0, 0.1) is 0 Å². The summed E-state index contributed by atoms with van der Waals surface area (Å²) in [5.41, 5.74) is 1.70. The molecule has 2 aromatic rings. The zero-order valence-electron chi connectivity index (χ0n) is 15.4. The van der Waals surface area contributed by atoms with E-state index < -0.39 is 5.41 Å². The minimum absolute atomic E-state index is 0.0588. The summed E-state index contributed by atoms with van der Waals surface area (Å²) in [6.07, 6.45) is 4.40. The maximum Gasteiger partial charge on any atom is 0.233 e. The molecular formula is C20H25N5O2. The minimum atomic E-state index is -0.430. The lowest BCUT2D eigenvalue weighted by Gasteiger charge is -2.45. The molecule has 7 heteroatoms. The van der Waals surface area contributed by atoms with Crippen molar-refractivity contribution in [3.05, 3.63) is 47.8 Å². The lowest BCUT2D eigenvalue weighted by Crippen LogP contribution is -2.57. The highest BCUT2D eigenvalue weighted by Crippen LogP contribution is 2.38. The van der Waals surface area contributed by atoms with Crippen molar-refractivity contribution in [1.29, 1.82) is 0 Å². The van der Waals surface area contributed by atoms with Crippen LogP contribution in [0.4, 0.5) is 0 Å². The molecule has 7 nitrogen and oxygen atoms in total. The molecule has 0 bridgehead atoms. The third-order valence-corrected chi connectivity index (χ3v) is 6.41. The second-order valence-corrected chi connectivity index (χ2v) is 7.82. The minimum Gasteiger partial charge on any atom is -0.370 e. The quantitative estimate of drug-likeness (QED) is 0.866. The SMILES string of the molecule is O=C(N1CC[C@@H]2OCc3cnnn3[C@H]2C1)C1(c2ccccc2)CCNCC1. The van der Waals surface area contributed by atoms with E-state index in [0.29, 0.717) is 13.2 Å². The Morgan fingerprint density at radius 3 is 2.85 bits per heavy atom. The largest absolute Gasteiger partial charge is 0.370 e. The van der Waals surface area contributed by atoms with Crippen LogP contribution in [-0.2, 0) is 21.6 Å². The van der Waals surface area contributed by atoms with Gasteiger partial charge in [-0.1, -0.05) is 35.5 Å². The smallest absolute Gasteiger partial charge is 0.233 e. The summed E-state index contributed by atoms with van der Waals surface area (Å²) in [5, 5.41) is 11.7. The maximum atomic E-state index is 13.8. The molecule has 142 valence electrons. The van der Waals surface area contributed by atoms with Gasteiger partial charge in [-0.2, -0.15) is 0 Å². The van der Waals surface area contributed by atoms with Gasteiger partial charge < -0.3 is 15.0 Å². The second-order valence-electron chi connectivity index (χ2n) is 7.82. The van der Waals surface area contributed by atoms with Gasteiger partial charge in [-0.05, 0) is 37.9 Å². The average molecular weight is 367 g/mol. The van der Waals surface area contributed by atoms with E-state index in [0.717, 1.165) is 50.2 Å². The number of piperidine rings is 2. The topological polar surface area (TPSA) is 72.3 Å². The summed E-state index contributed by atoms with van der Waals surface area (Å²) in [5.74, 6) is 0.251. The van der Waals surface area contributed by atoms with E-state index in [9.17, 15) is 4.79 Å². The van der Waals surface area contributed by atoms with E-state index in [4.69, 9.17) is 4.74 Å². The number of likely N-dealkylation sites (tertiary alicyclic amines) is 1. The summed E-state index contributed by atoms with van der Waals surface area (Å²) in [6.45, 7) is 3.68. The summed E-state index contributed by atoms with van der Waals surface area (Å²) < 4.78 is 7.96. The maximum absolute atomic E-state index is 13.8. The Morgan fingerprint density at radius 1 is 1.22 bits per heavy atom. The van der Waals surface area contributed by atoms with Gasteiger partial charge in [0.25, 0.3) is 0 Å². The van der Waals surface area contributed by atoms with Crippen molar-refractivity contribution in [3.8, 4) is 0 Å². The zero-order chi connectivity index (χ0) is 18.3. The summed E-state index contributed by atoms with van der Waals surface area (Å²) in [7, 11) is 0. The van der Waals surface area contributed by atoms with Crippen LogP contribution in [-0.4, -0.2) is 58.1 Å². The van der Waals surface area contributed by atoms with Crippen molar-refractivity contribution < 1.29 is 9.53 Å². The molecule has 27 heavy (non-hydrogen) atoms. The molecule has 1 aromatic carbocycles. The number of carbonyl (C=O) groups excluding carboxylic acids is 1. The van der Waals surface area contributed by atoms with Crippen LogP contribution in [0.3, 0.4) is 0 Å². The fourth-order valence-corrected chi connectivity index (χ4v) is 4.90. The highest BCUT2D eigenvalue weighted by Gasteiger charge is 2.46. The van der Waals surface area contributed by atoms with Crippen LogP contribution in [0.1, 0.15) is 36.6 Å². The highest BCUT2D eigenvalue weighted by molar-refractivity contribution is 5.88. The van der Waals surface area contributed by atoms with Crippen LogP contribution >= 0.6 is 0 Å². The summed E-state index contributed by atoms with van der Waals surface area (Å²) in [4.78, 5) is 15.9. The summed E-state index contributed by atoms with van der Waals surface area (Å²) in [6, 6.07) is 10.4. The molecular weight excluding hydrogens is 342 g/mol. The Labute approximate surface area is 158 Å². The van der Waals surface area contributed by atoms with Gasteiger partial charge in [-0.25, -0.2) is 4.68 Å². The van der Waals surface area contributed by atoms with Crippen molar-refractivity contribution in [2.45, 2.75) is 43.4 Å². The van der Waals surface area contributed by atoms with Gasteiger partial charge in [0.1, 0.15) is 0 Å². The van der Waals surface area contributed by atoms with Crippen molar-refractivity contribution >= 4 is 5.91 Å². The Morgan fingerprint density at radius 2 is 2.04 bits per heavy atom. The van der Waals surface area contributed by atoms with Crippen molar-refractivity contribution in [1.82, 2.24) is 25.2 Å². The second kappa shape index (κ2) is 6.73. The molecule has 2 fully saturated rings. The fourth-order valence-electron chi connectivity index (χ4n) is 4.90. The third kappa shape index (κ3) is 2.76. The lowest BCUT2D eigenvalue weighted by molar-refractivity contribution is -0.145. The van der Waals surface area contributed by atoms with E-state index in [1.54, 1.807) is 6.20 Å².